The van der Waals surface area contributed by atoms with Gasteiger partial charge in [-0.2, -0.15) is 0 Å². The molecule has 1 aromatic heterocycles. The number of carbonyl (C=O) groups is 1. The molecule has 0 radical (unpaired) electrons. The van der Waals surface area contributed by atoms with Crippen molar-refractivity contribution in [3.8, 4) is 17.2 Å². The monoisotopic (exact) mass is 488 g/mol. The summed E-state index contributed by atoms with van der Waals surface area (Å²) in [4.78, 5) is 16.8. The van der Waals surface area contributed by atoms with Crippen LogP contribution in [0.5, 0.6) is 17.2 Å². The average molecular weight is 489 g/mol. The normalized spacial score (nSPS) is 10.7. The third kappa shape index (κ3) is 5.79. The summed E-state index contributed by atoms with van der Waals surface area (Å²) in [7, 11) is 4.62. The molecule has 0 saturated carbocycles. The van der Waals surface area contributed by atoms with Crippen molar-refractivity contribution in [2.24, 2.45) is 0 Å². The molecule has 0 atom stereocenters. The van der Waals surface area contributed by atoms with Gasteiger partial charge in [-0.15, -0.1) is 0 Å². The van der Waals surface area contributed by atoms with Crippen LogP contribution in [0.1, 0.15) is 5.69 Å². The minimum Gasteiger partial charge on any atom is -0.493 e. The number of methoxy groups -OCH3 is 3. The molecule has 3 aromatic rings. The number of aromatic nitrogens is 1. The van der Waals surface area contributed by atoms with Crippen molar-refractivity contribution in [1.82, 2.24) is 4.98 Å². The molecule has 2 aromatic carbocycles. The Balaban J connectivity index is 1.82. The summed E-state index contributed by atoms with van der Waals surface area (Å²) in [5.74, 6) is 1.07. The minimum absolute atomic E-state index is 0.284. The molecule has 0 bridgehead atoms. The van der Waals surface area contributed by atoms with E-state index >= 15 is 0 Å². The molecule has 8 nitrogen and oxygen atoms in total. The molecular weight excluding hydrogens is 467 g/mol. The highest BCUT2D eigenvalue weighted by molar-refractivity contribution is 6.42. The van der Waals surface area contributed by atoms with E-state index in [0.29, 0.717) is 50.7 Å². The van der Waals surface area contributed by atoms with Crippen LogP contribution in [-0.4, -0.2) is 32.2 Å². The Hall–Kier alpha value is -3.62. The van der Waals surface area contributed by atoms with Crippen LogP contribution in [0.4, 0.5) is 22.7 Å². The zero-order valence-corrected chi connectivity index (χ0v) is 19.6. The zero-order valence-electron chi connectivity index (χ0n) is 18.1. The third-order valence-corrected chi connectivity index (χ3v) is 5.25. The molecule has 0 aliphatic heterocycles. The quantitative estimate of drug-likeness (QED) is 0.288. The molecule has 172 valence electrons. The molecule has 0 spiro atoms. The fraction of sp³-hybridized carbons (Fsp3) is 0.130. The van der Waals surface area contributed by atoms with E-state index in [2.05, 4.69) is 15.6 Å². The first-order chi connectivity index (χ1) is 15.9. The molecular formula is C23H22Cl2N4O4. The highest BCUT2D eigenvalue weighted by Gasteiger charge is 2.14. The molecule has 33 heavy (non-hydrogen) atoms. The Bertz CT molecular complexity index is 1180. The minimum atomic E-state index is -0.413. The number of hydrogen-bond donors (Lipinski definition) is 3. The number of nitrogens with one attached hydrogen (secondary N) is 2. The van der Waals surface area contributed by atoms with Crippen LogP contribution in [0.2, 0.25) is 10.0 Å². The molecule has 10 heteroatoms. The molecule has 0 fully saturated rings. The number of nitrogen functional groups attached to an aromatic ring is 1. The van der Waals surface area contributed by atoms with Crippen LogP contribution in [0.15, 0.2) is 48.7 Å². The maximum Gasteiger partial charge on any atom is 0.248 e. The topological polar surface area (TPSA) is 108 Å². The summed E-state index contributed by atoms with van der Waals surface area (Å²) in [6, 6.07) is 10.1. The smallest absolute Gasteiger partial charge is 0.248 e. The molecule has 0 aliphatic carbocycles. The van der Waals surface area contributed by atoms with E-state index in [9.17, 15) is 4.79 Å². The van der Waals surface area contributed by atoms with Crippen molar-refractivity contribution in [3.05, 3.63) is 64.4 Å². The van der Waals surface area contributed by atoms with E-state index in [1.807, 2.05) is 6.07 Å². The number of rotatable bonds is 8. The third-order valence-electron chi connectivity index (χ3n) is 4.53. The van der Waals surface area contributed by atoms with Crippen molar-refractivity contribution in [2.45, 2.75) is 0 Å². The Morgan fingerprint density at radius 1 is 1.00 bits per heavy atom. The summed E-state index contributed by atoms with van der Waals surface area (Å²) >= 11 is 11.9. The largest absolute Gasteiger partial charge is 0.493 e. The molecule has 1 heterocycles. The van der Waals surface area contributed by atoms with Gasteiger partial charge in [-0.05, 0) is 30.3 Å². The fourth-order valence-corrected chi connectivity index (χ4v) is 3.30. The molecule has 0 aliphatic rings. The van der Waals surface area contributed by atoms with E-state index < -0.39 is 5.91 Å². The van der Waals surface area contributed by atoms with Gasteiger partial charge in [0.25, 0.3) is 0 Å². The van der Waals surface area contributed by atoms with Crippen LogP contribution in [0.3, 0.4) is 0 Å². The van der Waals surface area contributed by atoms with Gasteiger partial charge in [0, 0.05) is 30.1 Å². The molecule has 1 amide bonds. The van der Waals surface area contributed by atoms with E-state index in [-0.39, 0.29) is 5.02 Å². The number of carbonyl (C=O) groups excluding carboxylic acids is 1. The van der Waals surface area contributed by atoms with Gasteiger partial charge in [-0.1, -0.05) is 23.2 Å². The zero-order chi connectivity index (χ0) is 24.0. The lowest BCUT2D eigenvalue weighted by molar-refractivity contribution is -0.111. The maximum absolute atomic E-state index is 12.4. The van der Waals surface area contributed by atoms with Crippen molar-refractivity contribution >= 4 is 57.9 Å². The van der Waals surface area contributed by atoms with Gasteiger partial charge in [0.2, 0.25) is 11.7 Å². The molecule has 0 saturated heterocycles. The Kier molecular flexibility index (Phi) is 7.87. The first-order valence-corrected chi connectivity index (χ1v) is 10.4. The fourth-order valence-electron chi connectivity index (χ4n) is 2.96. The van der Waals surface area contributed by atoms with Crippen LogP contribution < -0.4 is 30.6 Å². The van der Waals surface area contributed by atoms with Gasteiger partial charge < -0.3 is 30.6 Å². The Morgan fingerprint density at radius 2 is 1.67 bits per heavy atom. The lowest BCUT2D eigenvalue weighted by Gasteiger charge is -2.15. The Labute approximate surface area is 201 Å². The van der Waals surface area contributed by atoms with Gasteiger partial charge in [0.1, 0.15) is 0 Å². The number of ether oxygens (including phenoxy) is 3. The van der Waals surface area contributed by atoms with Crippen LogP contribution >= 0.6 is 23.2 Å². The number of benzene rings is 2. The second kappa shape index (κ2) is 10.8. The maximum atomic E-state index is 12.4. The standard InChI is InChI=1S/C23H22Cl2N4O4/c1-31-20-9-13(10-21(32-2)23(20)33-3)28-18-5-4-8-27-17(18)6-7-22(30)29-19-12-15(25)14(24)11-16(19)26/h4-12,28H,26H2,1-3H3,(H,29,30)/b7-6+. The van der Waals surface area contributed by atoms with E-state index in [1.54, 1.807) is 44.7 Å². The van der Waals surface area contributed by atoms with Crippen molar-refractivity contribution < 1.29 is 19.0 Å². The summed E-state index contributed by atoms with van der Waals surface area (Å²) in [5, 5.41) is 6.52. The van der Waals surface area contributed by atoms with Crippen LogP contribution in [0.25, 0.3) is 6.08 Å². The highest BCUT2D eigenvalue weighted by atomic mass is 35.5. The van der Waals surface area contributed by atoms with E-state index in [0.717, 1.165) is 0 Å². The molecule has 4 N–H and O–H groups in total. The van der Waals surface area contributed by atoms with Crippen LogP contribution in [-0.2, 0) is 4.79 Å². The van der Waals surface area contributed by atoms with Crippen molar-refractivity contribution in [1.29, 1.82) is 0 Å². The average Bonchev–Trinajstić information content (AvgIpc) is 2.81. The number of halogens is 2. The number of amides is 1. The number of hydrogen-bond acceptors (Lipinski definition) is 7. The lowest BCUT2D eigenvalue weighted by Crippen LogP contribution is -2.10. The van der Waals surface area contributed by atoms with E-state index in [4.69, 9.17) is 43.1 Å². The summed E-state index contributed by atoms with van der Waals surface area (Å²) < 4.78 is 16.1. The first kappa shape index (κ1) is 24.0. The number of nitrogens with two attached hydrogens (primary N) is 1. The molecule has 3 rings (SSSR count). The second-order valence-corrected chi connectivity index (χ2v) is 7.47. The SMILES string of the molecule is COc1cc(Nc2cccnc2/C=C/C(=O)Nc2cc(Cl)c(Cl)cc2N)cc(OC)c1OC. The summed E-state index contributed by atoms with van der Waals surface area (Å²) in [6.45, 7) is 0. The number of pyridine rings is 1. The summed E-state index contributed by atoms with van der Waals surface area (Å²) in [6.07, 6.45) is 4.53. The lowest BCUT2D eigenvalue weighted by atomic mass is 10.2. The molecule has 0 unspecified atom stereocenters. The second-order valence-electron chi connectivity index (χ2n) is 6.65. The summed E-state index contributed by atoms with van der Waals surface area (Å²) in [5.41, 5.74) is 8.42. The first-order valence-electron chi connectivity index (χ1n) is 9.62. The number of nitrogens with zero attached hydrogens (tertiary/aromatic N) is 1. The Morgan fingerprint density at radius 3 is 2.30 bits per heavy atom. The predicted octanol–water partition coefficient (Wildman–Crippen LogP) is 5.39. The van der Waals surface area contributed by atoms with Gasteiger partial charge in [0.05, 0.1) is 54.1 Å². The van der Waals surface area contributed by atoms with Gasteiger partial charge in [-0.3, -0.25) is 9.78 Å². The van der Waals surface area contributed by atoms with Crippen molar-refractivity contribution in [3.63, 3.8) is 0 Å². The van der Waals surface area contributed by atoms with E-state index in [1.165, 1.54) is 25.3 Å². The van der Waals surface area contributed by atoms with Crippen molar-refractivity contribution in [2.75, 3.05) is 37.7 Å². The van der Waals surface area contributed by atoms with Gasteiger partial charge >= 0.3 is 0 Å². The predicted molar refractivity (Wildman–Crippen MR) is 132 cm³/mol. The number of anilines is 4. The van der Waals surface area contributed by atoms with Gasteiger partial charge in [0.15, 0.2) is 11.5 Å². The highest BCUT2D eigenvalue weighted by Crippen LogP contribution is 2.40. The van der Waals surface area contributed by atoms with Gasteiger partial charge in [-0.25, -0.2) is 0 Å². The van der Waals surface area contributed by atoms with Crippen LogP contribution in [0, 0.1) is 0 Å².